The van der Waals surface area contributed by atoms with Crippen molar-refractivity contribution in [2.24, 2.45) is 11.3 Å². The van der Waals surface area contributed by atoms with Crippen LogP contribution in [-0.4, -0.2) is 60.1 Å². The van der Waals surface area contributed by atoms with Crippen molar-refractivity contribution in [3.63, 3.8) is 0 Å². The number of amides is 1. The summed E-state index contributed by atoms with van der Waals surface area (Å²) in [4.78, 5) is 17.1. The van der Waals surface area contributed by atoms with Crippen LogP contribution in [0.5, 0.6) is 0 Å². The number of aliphatic hydroxyl groups excluding tert-OH is 1. The highest BCUT2D eigenvalue weighted by atomic mass is 16.3. The molecule has 4 heteroatoms. The molecule has 1 atom stereocenters. The Hall–Kier alpha value is -0.610. The molecular formula is C18H32N2O2. The molecule has 2 saturated heterocycles. The molecule has 0 spiro atoms. The third-order valence-corrected chi connectivity index (χ3v) is 5.83. The minimum atomic E-state index is -0.00609. The van der Waals surface area contributed by atoms with Crippen molar-refractivity contribution in [3.05, 3.63) is 0 Å². The Labute approximate surface area is 134 Å². The predicted molar refractivity (Wildman–Crippen MR) is 87.6 cm³/mol. The molecule has 126 valence electrons. The first kappa shape index (κ1) is 16.3. The van der Waals surface area contributed by atoms with E-state index in [0.717, 1.165) is 51.4 Å². The molecule has 1 N–H and O–H groups in total. The summed E-state index contributed by atoms with van der Waals surface area (Å²) in [6.45, 7) is 4.66. The standard InChI is InChI=1S/C18H32N2O2/c21-15-18(12-16-6-7-16)8-5-11-20(14-18)17(22)13-19-9-3-1-2-4-10-19/h16,21H,1-15H2/t18-/m1/s1. The molecule has 22 heavy (non-hydrogen) atoms. The number of aliphatic hydroxyl groups is 1. The van der Waals surface area contributed by atoms with Gasteiger partial charge in [0.25, 0.3) is 0 Å². The summed E-state index contributed by atoms with van der Waals surface area (Å²) in [6.07, 6.45) is 11.0. The van der Waals surface area contributed by atoms with Gasteiger partial charge in [0.05, 0.1) is 13.2 Å². The van der Waals surface area contributed by atoms with Gasteiger partial charge in [0.1, 0.15) is 0 Å². The van der Waals surface area contributed by atoms with E-state index in [9.17, 15) is 9.90 Å². The van der Waals surface area contributed by atoms with Crippen LogP contribution in [-0.2, 0) is 4.79 Å². The molecule has 2 heterocycles. The first-order valence-corrected chi connectivity index (χ1v) is 9.32. The third kappa shape index (κ3) is 4.23. The van der Waals surface area contributed by atoms with Gasteiger partial charge in [-0.3, -0.25) is 9.69 Å². The van der Waals surface area contributed by atoms with E-state index in [0.29, 0.717) is 6.54 Å². The molecule has 0 aromatic rings. The fourth-order valence-electron chi connectivity index (χ4n) is 4.30. The van der Waals surface area contributed by atoms with Crippen molar-refractivity contribution < 1.29 is 9.90 Å². The Morgan fingerprint density at radius 3 is 2.41 bits per heavy atom. The maximum absolute atomic E-state index is 12.7. The van der Waals surface area contributed by atoms with Crippen LogP contribution in [0.15, 0.2) is 0 Å². The van der Waals surface area contributed by atoms with E-state index in [2.05, 4.69) is 4.90 Å². The van der Waals surface area contributed by atoms with Crippen LogP contribution in [0.25, 0.3) is 0 Å². The van der Waals surface area contributed by atoms with Crippen LogP contribution in [0.2, 0.25) is 0 Å². The zero-order valence-electron chi connectivity index (χ0n) is 13.9. The van der Waals surface area contributed by atoms with Gasteiger partial charge in [0.15, 0.2) is 0 Å². The molecule has 2 aliphatic heterocycles. The molecule has 0 radical (unpaired) electrons. The van der Waals surface area contributed by atoms with Crippen molar-refractivity contribution >= 4 is 5.91 Å². The second kappa shape index (κ2) is 7.31. The van der Waals surface area contributed by atoms with Crippen LogP contribution in [0.1, 0.15) is 57.8 Å². The second-order valence-electron chi connectivity index (χ2n) is 7.91. The van der Waals surface area contributed by atoms with E-state index >= 15 is 0 Å². The molecule has 1 aliphatic carbocycles. The van der Waals surface area contributed by atoms with Crippen LogP contribution >= 0.6 is 0 Å². The first-order chi connectivity index (χ1) is 10.7. The number of likely N-dealkylation sites (tertiary alicyclic amines) is 2. The Bertz CT molecular complexity index is 375. The normalized spacial score (nSPS) is 31.0. The van der Waals surface area contributed by atoms with E-state index in [1.54, 1.807) is 0 Å². The zero-order chi connectivity index (χ0) is 15.4. The number of carbonyl (C=O) groups is 1. The minimum absolute atomic E-state index is 0.00609. The van der Waals surface area contributed by atoms with Gasteiger partial charge < -0.3 is 10.0 Å². The largest absolute Gasteiger partial charge is 0.396 e. The van der Waals surface area contributed by atoms with E-state index in [-0.39, 0.29) is 17.9 Å². The number of piperidine rings is 1. The summed E-state index contributed by atoms with van der Waals surface area (Å²) in [5, 5.41) is 9.93. The van der Waals surface area contributed by atoms with Crippen LogP contribution in [0.4, 0.5) is 0 Å². The maximum Gasteiger partial charge on any atom is 0.236 e. The average Bonchev–Trinajstić information content (AvgIpc) is 3.35. The molecule has 0 bridgehead atoms. The summed E-state index contributed by atoms with van der Waals surface area (Å²) in [7, 11) is 0. The lowest BCUT2D eigenvalue weighted by molar-refractivity contribution is -0.137. The van der Waals surface area contributed by atoms with Gasteiger partial charge in [-0.2, -0.15) is 0 Å². The van der Waals surface area contributed by atoms with Gasteiger partial charge in [-0.15, -0.1) is 0 Å². The average molecular weight is 308 g/mol. The fourth-order valence-corrected chi connectivity index (χ4v) is 4.30. The molecule has 3 fully saturated rings. The summed E-state index contributed by atoms with van der Waals surface area (Å²) in [5.74, 6) is 1.10. The highest BCUT2D eigenvalue weighted by Gasteiger charge is 2.41. The number of rotatable bonds is 5. The summed E-state index contributed by atoms with van der Waals surface area (Å²) < 4.78 is 0. The molecule has 1 saturated carbocycles. The van der Waals surface area contributed by atoms with Crippen molar-refractivity contribution in [1.82, 2.24) is 9.80 Å². The van der Waals surface area contributed by atoms with Gasteiger partial charge in [-0.05, 0) is 51.1 Å². The van der Waals surface area contributed by atoms with Crippen molar-refractivity contribution in [2.45, 2.75) is 57.8 Å². The molecule has 4 nitrogen and oxygen atoms in total. The Kier molecular flexibility index (Phi) is 5.40. The van der Waals surface area contributed by atoms with Crippen LogP contribution in [0.3, 0.4) is 0 Å². The zero-order valence-corrected chi connectivity index (χ0v) is 13.9. The smallest absolute Gasteiger partial charge is 0.236 e. The predicted octanol–water partition coefficient (Wildman–Crippen LogP) is 2.26. The quantitative estimate of drug-likeness (QED) is 0.847. The van der Waals surface area contributed by atoms with Crippen molar-refractivity contribution in [2.75, 3.05) is 39.3 Å². The molecule has 1 amide bonds. The summed E-state index contributed by atoms with van der Waals surface area (Å²) in [6, 6.07) is 0. The first-order valence-electron chi connectivity index (χ1n) is 9.32. The van der Waals surface area contributed by atoms with Crippen molar-refractivity contribution in [3.8, 4) is 0 Å². The van der Waals surface area contributed by atoms with Gasteiger partial charge in [0, 0.05) is 18.5 Å². The highest BCUT2D eigenvalue weighted by Crippen LogP contribution is 2.44. The van der Waals surface area contributed by atoms with Gasteiger partial charge in [-0.25, -0.2) is 0 Å². The maximum atomic E-state index is 12.7. The van der Waals surface area contributed by atoms with Crippen LogP contribution in [0, 0.1) is 11.3 Å². The molecule has 3 aliphatic rings. The Balaban J connectivity index is 1.54. The molecular weight excluding hydrogens is 276 g/mol. The van der Waals surface area contributed by atoms with Crippen molar-refractivity contribution in [1.29, 1.82) is 0 Å². The van der Waals surface area contributed by atoms with E-state index in [1.165, 1.54) is 38.5 Å². The topological polar surface area (TPSA) is 43.8 Å². The molecule has 3 rings (SSSR count). The van der Waals surface area contributed by atoms with Gasteiger partial charge in [0.2, 0.25) is 5.91 Å². The second-order valence-corrected chi connectivity index (χ2v) is 7.91. The van der Waals surface area contributed by atoms with Crippen LogP contribution < -0.4 is 0 Å². The summed E-state index contributed by atoms with van der Waals surface area (Å²) >= 11 is 0. The number of hydrogen-bond donors (Lipinski definition) is 1. The fraction of sp³-hybridized carbons (Fsp3) is 0.944. The summed E-state index contributed by atoms with van der Waals surface area (Å²) in [5.41, 5.74) is -0.00609. The number of hydrogen-bond acceptors (Lipinski definition) is 3. The lowest BCUT2D eigenvalue weighted by atomic mass is 9.76. The Morgan fingerprint density at radius 1 is 1.05 bits per heavy atom. The van der Waals surface area contributed by atoms with Gasteiger partial charge >= 0.3 is 0 Å². The highest BCUT2D eigenvalue weighted by molar-refractivity contribution is 5.78. The molecule has 0 aromatic carbocycles. The van der Waals surface area contributed by atoms with E-state index in [1.807, 2.05) is 4.90 Å². The lowest BCUT2D eigenvalue weighted by Crippen LogP contribution is -2.50. The lowest BCUT2D eigenvalue weighted by Gasteiger charge is -2.42. The molecule has 0 unspecified atom stereocenters. The monoisotopic (exact) mass is 308 g/mol. The van der Waals surface area contributed by atoms with E-state index in [4.69, 9.17) is 0 Å². The van der Waals surface area contributed by atoms with Gasteiger partial charge in [-0.1, -0.05) is 25.7 Å². The SMILES string of the molecule is O=C(CN1CCCCCC1)N1CCC[C@@](CO)(CC2CC2)C1. The minimum Gasteiger partial charge on any atom is -0.396 e. The number of carbonyl (C=O) groups excluding carboxylic acids is 1. The van der Waals surface area contributed by atoms with E-state index < -0.39 is 0 Å². The third-order valence-electron chi connectivity index (χ3n) is 5.83. The number of nitrogens with zero attached hydrogens (tertiary/aromatic N) is 2. The molecule has 0 aromatic heterocycles. The Morgan fingerprint density at radius 2 is 1.77 bits per heavy atom.